The molecule has 17 heavy (non-hydrogen) atoms. The van der Waals surface area contributed by atoms with Gasteiger partial charge in [0.25, 0.3) is 5.69 Å². The van der Waals surface area contributed by atoms with E-state index in [-0.39, 0.29) is 16.1 Å². The van der Waals surface area contributed by atoms with E-state index in [0.29, 0.717) is 0 Å². The fourth-order valence-corrected chi connectivity index (χ4v) is 2.41. The third-order valence-corrected chi connectivity index (χ3v) is 3.89. The Morgan fingerprint density at radius 2 is 2.18 bits per heavy atom. The van der Waals surface area contributed by atoms with E-state index < -0.39 is 0 Å². The van der Waals surface area contributed by atoms with Crippen LogP contribution in [0.25, 0.3) is 0 Å². The van der Waals surface area contributed by atoms with Gasteiger partial charge < -0.3 is 5.32 Å². The Balaban J connectivity index is 2.27. The molecule has 2 rings (SSSR count). The van der Waals surface area contributed by atoms with Gasteiger partial charge in [0, 0.05) is 22.9 Å². The van der Waals surface area contributed by atoms with Crippen molar-refractivity contribution in [2.45, 2.75) is 45.1 Å². The Morgan fingerprint density at radius 1 is 1.47 bits per heavy atom. The number of nitrogens with zero attached hydrogens (tertiary/aromatic N) is 1. The van der Waals surface area contributed by atoms with Crippen molar-refractivity contribution in [1.29, 1.82) is 0 Å². The van der Waals surface area contributed by atoms with Crippen LogP contribution in [0.2, 0.25) is 0 Å². The number of anilines is 1. The fourth-order valence-electron chi connectivity index (χ4n) is 2.41. The van der Waals surface area contributed by atoms with E-state index in [0.717, 1.165) is 30.5 Å². The summed E-state index contributed by atoms with van der Waals surface area (Å²) in [7, 11) is 0. The van der Waals surface area contributed by atoms with E-state index in [9.17, 15) is 10.1 Å². The minimum Gasteiger partial charge on any atom is -0.379 e. The van der Waals surface area contributed by atoms with Gasteiger partial charge in [-0.3, -0.25) is 10.1 Å². The van der Waals surface area contributed by atoms with E-state index in [1.165, 1.54) is 6.42 Å². The topological polar surface area (TPSA) is 55.2 Å². The van der Waals surface area contributed by atoms with Crippen LogP contribution in [0.1, 0.15) is 38.2 Å². The molecule has 0 bridgehead atoms. The summed E-state index contributed by atoms with van der Waals surface area (Å²) in [5.74, 6) is 0. The number of nitrogens with one attached hydrogen (secondary N) is 1. The number of benzene rings is 1. The molecular weight excluding hydrogens is 216 g/mol. The molecule has 0 saturated heterocycles. The van der Waals surface area contributed by atoms with Gasteiger partial charge in [0.05, 0.1) is 4.92 Å². The minimum absolute atomic E-state index is 0.167. The van der Waals surface area contributed by atoms with Gasteiger partial charge in [0.2, 0.25) is 0 Å². The smallest absolute Gasteiger partial charge is 0.274 e. The standard InChI is InChI=1S/C13H18N2O2/c1-3-13(8-5-9-13)14-11-6-4-7-12(10(11)2)15(16)17/h4,6-7,14H,3,5,8-9H2,1-2H3. The van der Waals surface area contributed by atoms with Crippen molar-refractivity contribution in [3.63, 3.8) is 0 Å². The Hall–Kier alpha value is -1.58. The predicted molar refractivity (Wildman–Crippen MR) is 68.3 cm³/mol. The highest BCUT2D eigenvalue weighted by atomic mass is 16.6. The summed E-state index contributed by atoms with van der Waals surface area (Å²) in [4.78, 5) is 10.6. The molecular formula is C13H18N2O2. The zero-order chi connectivity index (χ0) is 12.5. The lowest BCUT2D eigenvalue weighted by Crippen LogP contribution is -2.44. The molecule has 1 aromatic carbocycles. The van der Waals surface area contributed by atoms with E-state index in [2.05, 4.69) is 12.2 Å². The van der Waals surface area contributed by atoms with Gasteiger partial charge in [0.15, 0.2) is 0 Å². The third-order valence-electron chi connectivity index (χ3n) is 3.89. The molecule has 1 fully saturated rings. The van der Waals surface area contributed by atoms with E-state index in [4.69, 9.17) is 0 Å². The number of rotatable bonds is 4. The molecule has 1 aromatic rings. The predicted octanol–water partition coefficient (Wildman–Crippen LogP) is 3.65. The van der Waals surface area contributed by atoms with Gasteiger partial charge in [-0.2, -0.15) is 0 Å². The van der Waals surface area contributed by atoms with Crippen molar-refractivity contribution in [2.75, 3.05) is 5.32 Å². The largest absolute Gasteiger partial charge is 0.379 e. The van der Waals surface area contributed by atoms with Crippen molar-refractivity contribution in [3.8, 4) is 0 Å². The quantitative estimate of drug-likeness (QED) is 0.639. The fraction of sp³-hybridized carbons (Fsp3) is 0.538. The van der Waals surface area contributed by atoms with E-state index in [1.54, 1.807) is 12.1 Å². The maximum atomic E-state index is 10.9. The molecule has 0 spiro atoms. The summed E-state index contributed by atoms with van der Waals surface area (Å²) in [6.07, 6.45) is 4.63. The summed E-state index contributed by atoms with van der Waals surface area (Å²) in [6, 6.07) is 5.23. The number of hydrogen-bond acceptors (Lipinski definition) is 3. The highest BCUT2D eigenvalue weighted by molar-refractivity contribution is 5.61. The Kier molecular flexibility index (Phi) is 3.05. The number of nitro benzene ring substituents is 1. The molecule has 4 nitrogen and oxygen atoms in total. The van der Waals surface area contributed by atoms with Crippen LogP contribution in [0, 0.1) is 17.0 Å². The van der Waals surface area contributed by atoms with Crippen LogP contribution in [0.5, 0.6) is 0 Å². The van der Waals surface area contributed by atoms with E-state index >= 15 is 0 Å². The summed E-state index contributed by atoms with van der Waals surface area (Å²) in [5, 5.41) is 14.4. The molecule has 1 aliphatic rings. The molecule has 0 aliphatic heterocycles. The number of nitro groups is 1. The molecule has 0 unspecified atom stereocenters. The van der Waals surface area contributed by atoms with Gasteiger partial charge >= 0.3 is 0 Å². The van der Waals surface area contributed by atoms with Crippen molar-refractivity contribution >= 4 is 11.4 Å². The second-order valence-electron chi connectivity index (χ2n) is 4.82. The lowest BCUT2D eigenvalue weighted by Gasteiger charge is -2.43. The second kappa shape index (κ2) is 4.35. The molecule has 0 atom stereocenters. The van der Waals surface area contributed by atoms with Gasteiger partial charge in [-0.25, -0.2) is 0 Å². The first-order valence-electron chi connectivity index (χ1n) is 6.10. The minimum atomic E-state index is -0.320. The molecule has 1 N–H and O–H groups in total. The first-order chi connectivity index (χ1) is 8.08. The Bertz CT molecular complexity index is 434. The monoisotopic (exact) mass is 234 g/mol. The third kappa shape index (κ3) is 2.12. The first-order valence-corrected chi connectivity index (χ1v) is 6.10. The zero-order valence-corrected chi connectivity index (χ0v) is 10.3. The van der Waals surface area contributed by atoms with Crippen LogP contribution in [-0.2, 0) is 0 Å². The van der Waals surface area contributed by atoms with Crippen molar-refractivity contribution in [3.05, 3.63) is 33.9 Å². The molecule has 92 valence electrons. The van der Waals surface area contributed by atoms with Crippen molar-refractivity contribution < 1.29 is 4.92 Å². The highest BCUT2D eigenvalue weighted by Crippen LogP contribution is 2.39. The Morgan fingerprint density at radius 3 is 2.65 bits per heavy atom. The highest BCUT2D eigenvalue weighted by Gasteiger charge is 2.35. The SMILES string of the molecule is CCC1(Nc2cccc([N+](=O)[O-])c2C)CCC1. The van der Waals surface area contributed by atoms with Crippen LogP contribution in [0.3, 0.4) is 0 Å². The molecule has 1 saturated carbocycles. The average Bonchev–Trinajstić information content (AvgIpc) is 2.25. The van der Waals surface area contributed by atoms with Crippen molar-refractivity contribution in [1.82, 2.24) is 0 Å². The first kappa shape index (κ1) is 11.9. The van der Waals surface area contributed by atoms with Gasteiger partial charge in [-0.15, -0.1) is 0 Å². The average molecular weight is 234 g/mol. The molecule has 4 heteroatoms. The van der Waals surface area contributed by atoms with Crippen LogP contribution >= 0.6 is 0 Å². The van der Waals surface area contributed by atoms with Crippen molar-refractivity contribution in [2.24, 2.45) is 0 Å². The summed E-state index contributed by atoms with van der Waals surface area (Å²) in [6.45, 7) is 3.97. The zero-order valence-electron chi connectivity index (χ0n) is 10.3. The van der Waals surface area contributed by atoms with Gasteiger partial charge in [-0.05, 0) is 38.7 Å². The maximum Gasteiger partial charge on any atom is 0.274 e. The van der Waals surface area contributed by atoms with Gasteiger partial charge in [0.1, 0.15) is 0 Å². The van der Waals surface area contributed by atoms with Gasteiger partial charge in [-0.1, -0.05) is 13.0 Å². The lowest BCUT2D eigenvalue weighted by molar-refractivity contribution is -0.385. The van der Waals surface area contributed by atoms with Crippen LogP contribution in [-0.4, -0.2) is 10.5 Å². The molecule has 0 amide bonds. The number of hydrogen-bond donors (Lipinski definition) is 1. The molecule has 0 aromatic heterocycles. The van der Waals surface area contributed by atoms with Crippen LogP contribution in [0.4, 0.5) is 11.4 Å². The molecule has 1 aliphatic carbocycles. The maximum absolute atomic E-state index is 10.9. The molecule has 0 radical (unpaired) electrons. The van der Waals surface area contributed by atoms with Crippen LogP contribution in [0.15, 0.2) is 18.2 Å². The second-order valence-corrected chi connectivity index (χ2v) is 4.82. The lowest BCUT2D eigenvalue weighted by atomic mass is 9.74. The summed E-state index contributed by atoms with van der Waals surface area (Å²) < 4.78 is 0. The normalized spacial score (nSPS) is 17.3. The summed E-state index contributed by atoms with van der Waals surface area (Å²) >= 11 is 0. The van der Waals surface area contributed by atoms with E-state index in [1.807, 2.05) is 13.0 Å². The molecule has 0 heterocycles. The van der Waals surface area contributed by atoms with Crippen LogP contribution < -0.4 is 5.32 Å². The summed E-state index contributed by atoms with van der Waals surface area (Å²) in [5.41, 5.74) is 2.00. The Labute approximate surface area is 101 Å².